The Morgan fingerprint density at radius 2 is 1.96 bits per heavy atom. The molecule has 1 aliphatic rings. The van der Waals surface area contributed by atoms with Gasteiger partial charge in [-0.25, -0.2) is 4.79 Å². The number of hydrogen-bond acceptors (Lipinski definition) is 4. The highest BCUT2D eigenvalue weighted by Gasteiger charge is 2.32. The summed E-state index contributed by atoms with van der Waals surface area (Å²) in [4.78, 5) is 28.3. The standard InChI is InChI=1S/C20H22ClN3O4/c1-13-15(21)5-4-6-16(13)22-19(25)12-23-9-10-24(20(23)26)17-11-14(27-2)7-8-18(17)28-3/h4-8,11H,9-10,12H2,1-3H3,(H,22,25). The summed E-state index contributed by atoms with van der Waals surface area (Å²) in [6, 6.07) is 10.3. The van der Waals surface area contributed by atoms with E-state index in [1.165, 1.54) is 4.90 Å². The van der Waals surface area contributed by atoms with Crippen molar-refractivity contribution in [2.24, 2.45) is 0 Å². The molecule has 1 aliphatic heterocycles. The quantitative estimate of drug-likeness (QED) is 0.800. The van der Waals surface area contributed by atoms with Crippen molar-refractivity contribution in [3.05, 3.63) is 47.0 Å². The average Bonchev–Trinajstić information content (AvgIpc) is 3.05. The number of carbonyl (C=O) groups excluding carboxylic acids is 2. The molecule has 0 atom stereocenters. The minimum Gasteiger partial charge on any atom is -0.497 e. The number of ether oxygens (including phenoxy) is 2. The fraction of sp³-hybridized carbons (Fsp3) is 0.300. The van der Waals surface area contributed by atoms with E-state index < -0.39 is 0 Å². The molecule has 1 fully saturated rings. The van der Waals surface area contributed by atoms with Crippen molar-refractivity contribution >= 4 is 34.9 Å². The molecule has 148 valence electrons. The van der Waals surface area contributed by atoms with Gasteiger partial charge in [-0.3, -0.25) is 9.69 Å². The fourth-order valence-electron chi connectivity index (χ4n) is 3.07. The number of benzene rings is 2. The van der Waals surface area contributed by atoms with E-state index in [1.54, 1.807) is 55.5 Å². The topological polar surface area (TPSA) is 71.1 Å². The van der Waals surface area contributed by atoms with Gasteiger partial charge in [0.05, 0.1) is 19.9 Å². The van der Waals surface area contributed by atoms with Crippen LogP contribution in [0.25, 0.3) is 0 Å². The lowest BCUT2D eigenvalue weighted by atomic mass is 10.2. The first-order chi connectivity index (χ1) is 13.4. The van der Waals surface area contributed by atoms with Crippen molar-refractivity contribution in [1.29, 1.82) is 0 Å². The third-order valence-corrected chi connectivity index (χ3v) is 5.06. The van der Waals surface area contributed by atoms with Gasteiger partial charge in [-0.15, -0.1) is 0 Å². The number of methoxy groups -OCH3 is 2. The number of nitrogens with zero attached hydrogens (tertiary/aromatic N) is 2. The Balaban J connectivity index is 1.71. The van der Waals surface area contributed by atoms with Crippen LogP contribution in [0.4, 0.5) is 16.2 Å². The predicted octanol–water partition coefficient (Wildman–Crippen LogP) is 3.55. The maximum atomic E-state index is 12.8. The highest BCUT2D eigenvalue weighted by molar-refractivity contribution is 6.31. The minimum absolute atomic E-state index is 0.0480. The van der Waals surface area contributed by atoms with Gasteiger partial charge in [-0.1, -0.05) is 17.7 Å². The van der Waals surface area contributed by atoms with Crippen LogP contribution >= 0.6 is 11.6 Å². The normalized spacial score (nSPS) is 13.6. The number of nitrogens with one attached hydrogen (secondary N) is 1. The van der Waals surface area contributed by atoms with Crippen LogP contribution in [0.2, 0.25) is 5.02 Å². The molecule has 1 heterocycles. The van der Waals surface area contributed by atoms with Crippen LogP contribution in [0.1, 0.15) is 5.56 Å². The number of halogens is 1. The number of anilines is 2. The molecule has 0 radical (unpaired) electrons. The molecule has 3 amide bonds. The number of carbonyl (C=O) groups is 2. The summed E-state index contributed by atoms with van der Waals surface area (Å²) in [5.41, 5.74) is 2.03. The number of rotatable bonds is 6. The molecule has 0 bridgehead atoms. The predicted molar refractivity (Wildman–Crippen MR) is 109 cm³/mol. The van der Waals surface area contributed by atoms with Crippen LogP contribution in [-0.4, -0.2) is 50.7 Å². The van der Waals surface area contributed by atoms with Gasteiger partial charge in [-0.2, -0.15) is 0 Å². The van der Waals surface area contributed by atoms with Crippen molar-refractivity contribution in [2.75, 3.05) is 44.1 Å². The Morgan fingerprint density at radius 3 is 2.68 bits per heavy atom. The summed E-state index contributed by atoms with van der Waals surface area (Å²) in [7, 11) is 3.11. The molecule has 0 spiro atoms. The zero-order valence-electron chi connectivity index (χ0n) is 16.0. The fourth-order valence-corrected chi connectivity index (χ4v) is 3.24. The van der Waals surface area contributed by atoms with E-state index >= 15 is 0 Å². The lowest BCUT2D eigenvalue weighted by molar-refractivity contribution is -0.116. The summed E-state index contributed by atoms with van der Waals surface area (Å²) >= 11 is 6.09. The van der Waals surface area contributed by atoms with Gasteiger partial charge in [0.15, 0.2) is 0 Å². The highest BCUT2D eigenvalue weighted by atomic mass is 35.5. The maximum Gasteiger partial charge on any atom is 0.325 e. The minimum atomic E-state index is -0.279. The van der Waals surface area contributed by atoms with Crippen LogP contribution in [-0.2, 0) is 4.79 Å². The van der Waals surface area contributed by atoms with E-state index in [0.29, 0.717) is 41.0 Å². The van der Waals surface area contributed by atoms with E-state index in [4.69, 9.17) is 21.1 Å². The van der Waals surface area contributed by atoms with E-state index in [-0.39, 0.29) is 18.5 Å². The molecule has 0 unspecified atom stereocenters. The monoisotopic (exact) mass is 403 g/mol. The summed E-state index contributed by atoms with van der Waals surface area (Å²) in [6.45, 7) is 2.66. The molecular weight excluding hydrogens is 382 g/mol. The average molecular weight is 404 g/mol. The van der Waals surface area contributed by atoms with E-state index in [2.05, 4.69) is 5.32 Å². The van der Waals surface area contributed by atoms with E-state index in [9.17, 15) is 9.59 Å². The van der Waals surface area contributed by atoms with E-state index in [0.717, 1.165) is 5.56 Å². The summed E-state index contributed by atoms with van der Waals surface area (Å²) in [6.07, 6.45) is 0. The molecule has 8 heteroatoms. The Morgan fingerprint density at radius 1 is 1.18 bits per heavy atom. The molecule has 3 rings (SSSR count). The third kappa shape index (κ3) is 3.99. The Hall–Kier alpha value is -2.93. The maximum absolute atomic E-state index is 12.8. The second kappa shape index (κ2) is 8.39. The summed E-state index contributed by atoms with van der Waals surface area (Å²) < 4.78 is 10.6. The largest absolute Gasteiger partial charge is 0.497 e. The molecule has 7 nitrogen and oxygen atoms in total. The van der Waals surface area contributed by atoms with Gasteiger partial charge < -0.3 is 19.7 Å². The van der Waals surface area contributed by atoms with Gasteiger partial charge in [-0.05, 0) is 36.8 Å². The van der Waals surface area contributed by atoms with Gasteiger partial charge in [0.2, 0.25) is 5.91 Å². The van der Waals surface area contributed by atoms with Crippen molar-refractivity contribution in [3.8, 4) is 11.5 Å². The molecule has 1 N–H and O–H groups in total. The van der Waals surface area contributed by atoms with Gasteiger partial charge in [0.25, 0.3) is 0 Å². The van der Waals surface area contributed by atoms with Gasteiger partial charge >= 0.3 is 6.03 Å². The Labute approximate surface area is 168 Å². The number of hydrogen-bond donors (Lipinski definition) is 1. The van der Waals surface area contributed by atoms with Crippen LogP contribution in [0, 0.1) is 6.92 Å². The Kier molecular flexibility index (Phi) is 5.94. The van der Waals surface area contributed by atoms with Crippen LogP contribution in [0.3, 0.4) is 0 Å². The molecule has 0 aliphatic carbocycles. The molecule has 0 saturated carbocycles. The van der Waals surface area contributed by atoms with Gasteiger partial charge in [0, 0.05) is 29.9 Å². The van der Waals surface area contributed by atoms with Crippen LogP contribution in [0.15, 0.2) is 36.4 Å². The Bertz CT molecular complexity index is 903. The lowest BCUT2D eigenvalue weighted by Gasteiger charge is -2.21. The first-order valence-corrected chi connectivity index (χ1v) is 9.16. The molecule has 28 heavy (non-hydrogen) atoms. The molecule has 2 aromatic carbocycles. The number of urea groups is 1. The summed E-state index contributed by atoms with van der Waals surface area (Å²) in [5, 5.41) is 3.39. The first-order valence-electron chi connectivity index (χ1n) is 8.78. The number of amides is 3. The lowest BCUT2D eigenvalue weighted by Crippen LogP contribution is -2.37. The molecule has 0 aromatic heterocycles. The third-order valence-electron chi connectivity index (χ3n) is 4.65. The molecule has 1 saturated heterocycles. The van der Waals surface area contributed by atoms with Crippen LogP contribution in [0.5, 0.6) is 11.5 Å². The molecular formula is C20H22ClN3O4. The second-order valence-electron chi connectivity index (χ2n) is 6.35. The summed E-state index contributed by atoms with van der Waals surface area (Å²) in [5.74, 6) is 0.907. The van der Waals surface area contributed by atoms with Crippen molar-refractivity contribution in [2.45, 2.75) is 6.92 Å². The smallest absolute Gasteiger partial charge is 0.325 e. The van der Waals surface area contributed by atoms with E-state index in [1.807, 2.05) is 6.92 Å². The van der Waals surface area contributed by atoms with Crippen molar-refractivity contribution in [3.63, 3.8) is 0 Å². The zero-order valence-corrected chi connectivity index (χ0v) is 16.7. The highest BCUT2D eigenvalue weighted by Crippen LogP contribution is 2.34. The van der Waals surface area contributed by atoms with Crippen molar-refractivity contribution in [1.82, 2.24) is 4.90 Å². The zero-order chi connectivity index (χ0) is 20.3. The molecule has 2 aromatic rings. The first kappa shape index (κ1) is 19.8. The van der Waals surface area contributed by atoms with Crippen LogP contribution < -0.4 is 19.7 Å². The van der Waals surface area contributed by atoms with Crippen molar-refractivity contribution < 1.29 is 19.1 Å². The van der Waals surface area contributed by atoms with Gasteiger partial charge in [0.1, 0.15) is 18.0 Å². The SMILES string of the molecule is COc1ccc(OC)c(N2CCN(CC(=O)Nc3cccc(Cl)c3C)C2=O)c1. The second-order valence-corrected chi connectivity index (χ2v) is 6.76.